The van der Waals surface area contributed by atoms with Gasteiger partial charge in [0.1, 0.15) is 12.1 Å². The summed E-state index contributed by atoms with van der Waals surface area (Å²) >= 11 is 6.06. The number of aromatic nitrogens is 2. The molecule has 0 radical (unpaired) electrons. The molecule has 0 saturated carbocycles. The zero-order valence-electron chi connectivity index (χ0n) is 14.7. The van der Waals surface area contributed by atoms with Crippen LogP contribution in [0.15, 0.2) is 24.5 Å². The highest BCUT2D eigenvalue weighted by Crippen LogP contribution is 2.26. The fourth-order valence-electron chi connectivity index (χ4n) is 3.02. The van der Waals surface area contributed by atoms with Gasteiger partial charge in [0.2, 0.25) is 0 Å². The van der Waals surface area contributed by atoms with E-state index in [9.17, 15) is 0 Å². The summed E-state index contributed by atoms with van der Waals surface area (Å²) in [5.74, 6) is 0.875. The van der Waals surface area contributed by atoms with Crippen molar-refractivity contribution in [3.05, 3.63) is 29.5 Å². The lowest BCUT2D eigenvalue weighted by molar-refractivity contribution is 0.147. The van der Waals surface area contributed by atoms with E-state index in [4.69, 9.17) is 11.6 Å². The van der Waals surface area contributed by atoms with Gasteiger partial charge >= 0.3 is 0 Å². The number of benzene rings is 1. The molecular weight excluding hydrogens is 322 g/mol. The molecular formula is C18H26ClN5. The molecule has 3 rings (SSSR count). The van der Waals surface area contributed by atoms with Crippen LogP contribution >= 0.6 is 11.6 Å². The molecule has 1 fully saturated rings. The second-order valence-electron chi connectivity index (χ2n) is 7.29. The SMILES string of the molecule is CN1CCN(CCC(C)(C)Nc2ncnc3cc(Cl)ccc23)CC1. The topological polar surface area (TPSA) is 44.3 Å². The quantitative estimate of drug-likeness (QED) is 0.900. The van der Waals surface area contributed by atoms with E-state index < -0.39 is 0 Å². The molecule has 0 aliphatic carbocycles. The maximum atomic E-state index is 6.06. The van der Waals surface area contributed by atoms with Gasteiger partial charge in [-0.25, -0.2) is 9.97 Å². The average Bonchev–Trinajstić information content (AvgIpc) is 2.54. The Morgan fingerprint density at radius 1 is 1.17 bits per heavy atom. The first-order valence-electron chi connectivity index (χ1n) is 8.52. The zero-order chi connectivity index (χ0) is 17.2. The molecule has 0 amide bonds. The summed E-state index contributed by atoms with van der Waals surface area (Å²) in [5, 5.41) is 5.30. The summed E-state index contributed by atoms with van der Waals surface area (Å²) in [7, 11) is 2.19. The molecule has 0 bridgehead atoms. The van der Waals surface area contributed by atoms with Gasteiger partial charge in [-0.3, -0.25) is 0 Å². The average molecular weight is 348 g/mol. The minimum absolute atomic E-state index is 0.0374. The third-order valence-electron chi connectivity index (χ3n) is 4.70. The summed E-state index contributed by atoms with van der Waals surface area (Å²) in [6.07, 6.45) is 2.66. The van der Waals surface area contributed by atoms with Crippen molar-refractivity contribution >= 4 is 28.3 Å². The highest BCUT2D eigenvalue weighted by atomic mass is 35.5. The number of hydrogen-bond donors (Lipinski definition) is 1. The Balaban J connectivity index is 1.66. The predicted octanol–water partition coefficient (Wildman–Crippen LogP) is 3.11. The first kappa shape index (κ1) is 17.4. The normalized spacial score (nSPS) is 17.3. The lowest BCUT2D eigenvalue weighted by Gasteiger charge is -2.35. The van der Waals surface area contributed by atoms with E-state index in [0.29, 0.717) is 5.02 Å². The van der Waals surface area contributed by atoms with Crippen molar-refractivity contribution in [2.45, 2.75) is 25.8 Å². The van der Waals surface area contributed by atoms with Crippen molar-refractivity contribution in [3.8, 4) is 0 Å². The molecule has 130 valence electrons. The molecule has 1 aromatic heterocycles. The predicted molar refractivity (Wildman–Crippen MR) is 101 cm³/mol. The van der Waals surface area contributed by atoms with E-state index in [-0.39, 0.29) is 5.54 Å². The summed E-state index contributed by atoms with van der Waals surface area (Å²) in [5.41, 5.74) is 0.833. The number of anilines is 1. The van der Waals surface area contributed by atoms with Gasteiger partial charge in [-0.2, -0.15) is 0 Å². The first-order valence-corrected chi connectivity index (χ1v) is 8.90. The number of fused-ring (bicyclic) bond motifs is 1. The number of halogens is 1. The van der Waals surface area contributed by atoms with Crippen LogP contribution in [0.4, 0.5) is 5.82 Å². The summed E-state index contributed by atoms with van der Waals surface area (Å²) in [6, 6.07) is 5.74. The van der Waals surface area contributed by atoms with E-state index >= 15 is 0 Å². The highest BCUT2D eigenvalue weighted by molar-refractivity contribution is 6.31. The van der Waals surface area contributed by atoms with Crippen molar-refractivity contribution in [1.29, 1.82) is 0 Å². The van der Waals surface area contributed by atoms with E-state index in [1.54, 1.807) is 6.33 Å². The van der Waals surface area contributed by atoms with Crippen molar-refractivity contribution in [2.75, 3.05) is 45.1 Å². The zero-order valence-corrected chi connectivity index (χ0v) is 15.5. The van der Waals surface area contributed by atoms with E-state index in [1.165, 1.54) is 0 Å². The Kier molecular flexibility index (Phi) is 5.23. The molecule has 5 nitrogen and oxygen atoms in total. The van der Waals surface area contributed by atoms with Crippen LogP contribution in [0, 0.1) is 0 Å². The van der Waals surface area contributed by atoms with Crippen LogP contribution in [-0.2, 0) is 0 Å². The molecule has 2 aromatic rings. The summed E-state index contributed by atoms with van der Waals surface area (Å²) < 4.78 is 0. The number of piperazine rings is 1. The fourth-order valence-corrected chi connectivity index (χ4v) is 3.19. The molecule has 2 heterocycles. The standard InChI is InChI=1S/C18H26ClN5/c1-18(2,6-7-24-10-8-23(3)9-11-24)22-17-15-5-4-14(19)12-16(15)20-13-21-17/h4-5,12-13H,6-11H2,1-3H3,(H,20,21,22). The minimum Gasteiger partial charge on any atom is -0.365 e. The smallest absolute Gasteiger partial charge is 0.137 e. The van der Waals surface area contributed by atoms with Crippen LogP contribution in [0.25, 0.3) is 10.9 Å². The van der Waals surface area contributed by atoms with Gasteiger partial charge < -0.3 is 15.1 Å². The Labute approximate surface area is 149 Å². The largest absolute Gasteiger partial charge is 0.365 e. The molecule has 1 N–H and O–H groups in total. The van der Waals surface area contributed by atoms with Crippen molar-refractivity contribution in [1.82, 2.24) is 19.8 Å². The maximum Gasteiger partial charge on any atom is 0.137 e. The number of hydrogen-bond acceptors (Lipinski definition) is 5. The van der Waals surface area contributed by atoms with E-state index in [1.807, 2.05) is 18.2 Å². The molecule has 1 aliphatic heterocycles. The molecule has 0 unspecified atom stereocenters. The maximum absolute atomic E-state index is 6.06. The third kappa shape index (κ3) is 4.35. The number of likely N-dealkylation sites (N-methyl/N-ethyl adjacent to an activating group) is 1. The molecule has 0 atom stereocenters. The fraction of sp³-hybridized carbons (Fsp3) is 0.556. The second-order valence-corrected chi connectivity index (χ2v) is 7.72. The monoisotopic (exact) mass is 347 g/mol. The van der Waals surface area contributed by atoms with Crippen LogP contribution in [0.5, 0.6) is 0 Å². The molecule has 0 spiro atoms. The van der Waals surface area contributed by atoms with Crippen LogP contribution in [0.1, 0.15) is 20.3 Å². The van der Waals surface area contributed by atoms with Crippen molar-refractivity contribution < 1.29 is 0 Å². The lowest BCUT2D eigenvalue weighted by Crippen LogP contribution is -2.46. The van der Waals surface area contributed by atoms with Crippen LogP contribution < -0.4 is 5.32 Å². The van der Waals surface area contributed by atoms with Crippen LogP contribution in [0.3, 0.4) is 0 Å². The van der Waals surface area contributed by atoms with Gasteiger partial charge in [-0.1, -0.05) is 11.6 Å². The first-order chi connectivity index (χ1) is 11.4. The van der Waals surface area contributed by atoms with Gasteiger partial charge in [0.05, 0.1) is 5.52 Å². The van der Waals surface area contributed by atoms with Crippen molar-refractivity contribution in [2.24, 2.45) is 0 Å². The molecule has 1 aliphatic rings. The second kappa shape index (κ2) is 7.21. The van der Waals surface area contributed by atoms with Crippen LogP contribution in [0.2, 0.25) is 5.02 Å². The Morgan fingerprint density at radius 3 is 2.67 bits per heavy atom. The van der Waals surface area contributed by atoms with Gasteiger partial charge in [0.15, 0.2) is 0 Å². The van der Waals surface area contributed by atoms with E-state index in [0.717, 1.165) is 55.9 Å². The van der Waals surface area contributed by atoms with Crippen LogP contribution in [-0.4, -0.2) is 65.1 Å². The highest BCUT2D eigenvalue weighted by Gasteiger charge is 2.22. The minimum atomic E-state index is -0.0374. The van der Waals surface area contributed by atoms with Gasteiger partial charge in [0.25, 0.3) is 0 Å². The molecule has 1 saturated heterocycles. The lowest BCUT2D eigenvalue weighted by atomic mass is 9.99. The van der Waals surface area contributed by atoms with Gasteiger partial charge in [-0.05, 0) is 45.5 Å². The Morgan fingerprint density at radius 2 is 1.92 bits per heavy atom. The van der Waals surface area contributed by atoms with Gasteiger partial charge in [-0.15, -0.1) is 0 Å². The summed E-state index contributed by atoms with van der Waals surface area (Å²) in [4.78, 5) is 13.7. The van der Waals surface area contributed by atoms with Crippen molar-refractivity contribution in [3.63, 3.8) is 0 Å². The summed E-state index contributed by atoms with van der Waals surface area (Å²) in [6.45, 7) is 10.2. The van der Waals surface area contributed by atoms with E-state index in [2.05, 4.69) is 46.0 Å². The Bertz CT molecular complexity index is 695. The number of rotatable bonds is 5. The van der Waals surface area contributed by atoms with Gasteiger partial charge in [0, 0.05) is 48.7 Å². The molecule has 6 heteroatoms. The Hall–Kier alpha value is -1.43. The molecule has 1 aromatic carbocycles. The number of nitrogens with one attached hydrogen (secondary N) is 1. The molecule has 24 heavy (non-hydrogen) atoms. The number of nitrogens with zero attached hydrogens (tertiary/aromatic N) is 4. The third-order valence-corrected chi connectivity index (χ3v) is 4.94.